The summed E-state index contributed by atoms with van der Waals surface area (Å²) in [6.45, 7) is 8.35. The van der Waals surface area contributed by atoms with Crippen molar-refractivity contribution in [2.24, 2.45) is 17.8 Å². The lowest BCUT2D eigenvalue weighted by atomic mass is 10.00. The standard InChI is InChI=1S/C11H21NO/c1-7(2)11(13)12-10-8(3)5-6-9(10)4/h7-10H,5-6H2,1-4H3,(H,12,13). The molecule has 0 spiro atoms. The fourth-order valence-electron chi connectivity index (χ4n) is 2.06. The minimum Gasteiger partial charge on any atom is -0.353 e. The molecule has 76 valence electrons. The van der Waals surface area contributed by atoms with Gasteiger partial charge in [0.1, 0.15) is 0 Å². The van der Waals surface area contributed by atoms with Crippen molar-refractivity contribution < 1.29 is 4.79 Å². The highest BCUT2D eigenvalue weighted by Gasteiger charge is 2.31. The van der Waals surface area contributed by atoms with Gasteiger partial charge in [-0.1, -0.05) is 27.7 Å². The first kappa shape index (κ1) is 10.6. The van der Waals surface area contributed by atoms with Crippen molar-refractivity contribution in [3.63, 3.8) is 0 Å². The monoisotopic (exact) mass is 183 g/mol. The summed E-state index contributed by atoms with van der Waals surface area (Å²) < 4.78 is 0. The average molecular weight is 183 g/mol. The van der Waals surface area contributed by atoms with Gasteiger partial charge in [-0.3, -0.25) is 4.79 Å². The summed E-state index contributed by atoms with van der Waals surface area (Å²) in [6.07, 6.45) is 2.51. The van der Waals surface area contributed by atoms with Crippen molar-refractivity contribution in [2.75, 3.05) is 0 Å². The number of amides is 1. The predicted octanol–water partition coefficient (Wildman–Crippen LogP) is 2.19. The van der Waals surface area contributed by atoms with E-state index in [0.717, 1.165) is 0 Å². The second-order valence-electron chi connectivity index (χ2n) is 4.72. The smallest absolute Gasteiger partial charge is 0.222 e. The molecule has 0 saturated heterocycles. The largest absolute Gasteiger partial charge is 0.353 e. The molecule has 1 aliphatic rings. The minimum atomic E-state index is 0.111. The van der Waals surface area contributed by atoms with Crippen molar-refractivity contribution in [1.29, 1.82) is 0 Å². The van der Waals surface area contributed by atoms with E-state index in [9.17, 15) is 4.79 Å². The average Bonchev–Trinajstić information content (AvgIpc) is 2.35. The molecule has 13 heavy (non-hydrogen) atoms. The summed E-state index contributed by atoms with van der Waals surface area (Å²) in [6, 6.07) is 0.412. The van der Waals surface area contributed by atoms with E-state index in [1.165, 1.54) is 12.8 Å². The van der Waals surface area contributed by atoms with Crippen LogP contribution < -0.4 is 5.32 Å². The van der Waals surface area contributed by atoms with Gasteiger partial charge < -0.3 is 5.32 Å². The SMILES string of the molecule is CC(C)C(=O)NC1C(C)CCC1C. The lowest BCUT2D eigenvalue weighted by Crippen LogP contribution is -2.41. The maximum absolute atomic E-state index is 11.5. The van der Waals surface area contributed by atoms with Gasteiger partial charge >= 0.3 is 0 Å². The molecule has 0 aromatic heterocycles. The Bertz CT molecular complexity index is 179. The van der Waals surface area contributed by atoms with Crippen LogP contribution >= 0.6 is 0 Å². The fourth-order valence-corrected chi connectivity index (χ4v) is 2.06. The second kappa shape index (κ2) is 4.12. The van der Waals surface area contributed by atoms with E-state index < -0.39 is 0 Å². The maximum Gasteiger partial charge on any atom is 0.222 e. The van der Waals surface area contributed by atoms with E-state index in [2.05, 4.69) is 19.2 Å². The molecule has 0 radical (unpaired) electrons. The molecular weight excluding hydrogens is 162 g/mol. The van der Waals surface area contributed by atoms with Crippen molar-refractivity contribution >= 4 is 5.91 Å². The summed E-state index contributed by atoms with van der Waals surface area (Å²) in [7, 11) is 0. The lowest BCUT2D eigenvalue weighted by Gasteiger charge is -2.22. The van der Waals surface area contributed by atoms with Crippen molar-refractivity contribution in [2.45, 2.75) is 46.6 Å². The number of rotatable bonds is 2. The molecule has 0 aliphatic heterocycles. The molecule has 0 heterocycles. The highest BCUT2D eigenvalue weighted by Crippen LogP contribution is 2.30. The van der Waals surface area contributed by atoms with Crippen LogP contribution in [0.4, 0.5) is 0 Å². The molecule has 2 unspecified atom stereocenters. The van der Waals surface area contributed by atoms with Crippen molar-refractivity contribution in [3.8, 4) is 0 Å². The van der Waals surface area contributed by atoms with Gasteiger partial charge in [-0.25, -0.2) is 0 Å². The van der Waals surface area contributed by atoms with Crippen LogP contribution in [-0.2, 0) is 4.79 Å². The summed E-state index contributed by atoms with van der Waals surface area (Å²) in [5, 5.41) is 3.14. The van der Waals surface area contributed by atoms with E-state index in [1.807, 2.05) is 13.8 Å². The van der Waals surface area contributed by atoms with Gasteiger partial charge in [0.25, 0.3) is 0 Å². The second-order valence-corrected chi connectivity index (χ2v) is 4.72. The molecule has 1 saturated carbocycles. The van der Waals surface area contributed by atoms with Crippen LogP contribution in [0.3, 0.4) is 0 Å². The van der Waals surface area contributed by atoms with Crippen LogP contribution in [0.1, 0.15) is 40.5 Å². The quantitative estimate of drug-likeness (QED) is 0.698. The summed E-state index contributed by atoms with van der Waals surface area (Å²) >= 11 is 0. The third kappa shape index (κ3) is 2.45. The van der Waals surface area contributed by atoms with Gasteiger partial charge in [-0.2, -0.15) is 0 Å². The molecular formula is C11H21NO. The Morgan fingerprint density at radius 1 is 1.23 bits per heavy atom. The fraction of sp³-hybridized carbons (Fsp3) is 0.909. The van der Waals surface area contributed by atoms with Gasteiger partial charge in [-0.15, -0.1) is 0 Å². The van der Waals surface area contributed by atoms with Crippen LogP contribution in [0.2, 0.25) is 0 Å². The Labute approximate surface area is 81.1 Å². The van der Waals surface area contributed by atoms with Gasteiger partial charge in [0.05, 0.1) is 0 Å². The molecule has 1 fully saturated rings. The molecule has 1 N–H and O–H groups in total. The summed E-state index contributed by atoms with van der Waals surface area (Å²) in [5.74, 6) is 1.61. The Balaban J connectivity index is 2.47. The Kier molecular flexibility index (Phi) is 3.34. The van der Waals surface area contributed by atoms with Gasteiger partial charge in [0, 0.05) is 12.0 Å². The Morgan fingerprint density at radius 3 is 2.08 bits per heavy atom. The van der Waals surface area contributed by atoms with Gasteiger partial charge in [0.15, 0.2) is 0 Å². The van der Waals surface area contributed by atoms with Crippen LogP contribution in [0.5, 0.6) is 0 Å². The predicted molar refractivity (Wildman–Crippen MR) is 54.3 cm³/mol. The van der Waals surface area contributed by atoms with Crippen LogP contribution in [-0.4, -0.2) is 11.9 Å². The third-order valence-electron chi connectivity index (χ3n) is 3.14. The van der Waals surface area contributed by atoms with Crippen molar-refractivity contribution in [3.05, 3.63) is 0 Å². The van der Waals surface area contributed by atoms with E-state index in [1.54, 1.807) is 0 Å². The highest BCUT2D eigenvalue weighted by molar-refractivity contribution is 5.78. The number of carbonyl (C=O) groups excluding carboxylic acids is 1. The van der Waals surface area contributed by atoms with Crippen LogP contribution in [0.15, 0.2) is 0 Å². The molecule has 2 atom stereocenters. The minimum absolute atomic E-state index is 0.111. The van der Waals surface area contributed by atoms with Crippen LogP contribution in [0, 0.1) is 17.8 Å². The Hall–Kier alpha value is -0.530. The number of carbonyl (C=O) groups is 1. The molecule has 1 rings (SSSR count). The van der Waals surface area contributed by atoms with E-state index >= 15 is 0 Å². The zero-order valence-electron chi connectivity index (χ0n) is 9.13. The summed E-state index contributed by atoms with van der Waals surface area (Å²) in [5.41, 5.74) is 0. The van der Waals surface area contributed by atoms with E-state index in [0.29, 0.717) is 17.9 Å². The molecule has 1 amide bonds. The molecule has 1 aliphatic carbocycles. The topological polar surface area (TPSA) is 29.1 Å². The first-order chi connectivity index (χ1) is 6.02. The first-order valence-electron chi connectivity index (χ1n) is 5.32. The maximum atomic E-state index is 11.5. The number of hydrogen-bond donors (Lipinski definition) is 1. The zero-order valence-corrected chi connectivity index (χ0v) is 9.13. The Morgan fingerprint density at radius 2 is 1.69 bits per heavy atom. The normalized spacial score (nSPS) is 33.8. The third-order valence-corrected chi connectivity index (χ3v) is 3.14. The van der Waals surface area contributed by atoms with Crippen LogP contribution in [0.25, 0.3) is 0 Å². The molecule has 0 bridgehead atoms. The molecule has 0 aromatic carbocycles. The first-order valence-corrected chi connectivity index (χ1v) is 5.32. The van der Waals surface area contributed by atoms with E-state index in [4.69, 9.17) is 0 Å². The molecule has 2 nitrogen and oxygen atoms in total. The molecule has 0 aromatic rings. The van der Waals surface area contributed by atoms with Gasteiger partial charge in [0.2, 0.25) is 5.91 Å². The van der Waals surface area contributed by atoms with Gasteiger partial charge in [-0.05, 0) is 24.7 Å². The highest BCUT2D eigenvalue weighted by atomic mass is 16.1. The lowest BCUT2D eigenvalue weighted by molar-refractivity contribution is -0.125. The zero-order chi connectivity index (χ0) is 10.0. The van der Waals surface area contributed by atoms with Crippen molar-refractivity contribution in [1.82, 2.24) is 5.32 Å². The number of nitrogens with one attached hydrogen (secondary N) is 1. The number of hydrogen-bond acceptors (Lipinski definition) is 1. The molecule has 2 heteroatoms. The summed E-state index contributed by atoms with van der Waals surface area (Å²) in [4.78, 5) is 11.5. The van der Waals surface area contributed by atoms with E-state index in [-0.39, 0.29) is 11.8 Å².